The van der Waals surface area contributed by atoms with Crippen molar-refractivity contribution in [2.45, 2.75) is 25.3 Å². The highest BCUT2D eigenvalue weighted by Crippen LogP contribution is 2.05. The van der Waals surface area contributed by atoms with Crippen LogP contribution in [0, 0.1) is 6.92 Å². The van der Waals surface area contributed by atoms with Crippen LogP contribution in [-0.4, -0.2) is 9.97 Å². The Morgan fingerprint density at radius 2 is 2.27 bits per heavy atom. The predicted octanol–water partition coefficient (Wildman–Crippen LogP) is 0.929. The van der Waals surface area contributed by atoms with Gasteiger partial charge >= 0.3 is 0 Å². The van der Waals surface area contributed by atoms with Gasteiger partial charge in [0.1, 0.15) is 10.9 Å². The number of nitrogens with zero attached hydrogens (tertiary/aromatic N) is 1. The minimum Gasteiger partial charge on any atom is -0.310 e. The van der Waals surface area contributed by atoms with E-state index in [0.29, 0.717) is 22.8 Å². The van der Waals surface area contributed by atoms with Crippen LogP contribution in [0.3, 0.4) is 0 Å². The third-order valence-electron chi connectivity index (χ3n) is 1.47. The van der Waals surface area contributed by atoms with Crippen molar-refractivity contribution in [2.75, 3.05) is 0 Å². The molecule has 0 amide bonds. The number of aromatic nitrogens is 2. The molecule has 0 saturated carbocycles. The van der Waals surface area contributed by atoms with Gasteiger partial charge in [-0.05, 0) is 13.3 Å². The van der Waals surface area contributed by atoms with Gasteiger partial charge in [-0.3, -0.25) is 4.79 Å². The SMILES string of the molecule is CCc1c(S)nc(C)[nH]c1=O. The zero-order valence-corrected chi connectivity index (χ0v) is 7.40. The summed E-state index contributed by atoms with van der Waals surface area (Å²) in [7, 11) is 0. The van der Waals surface area contributed by atoms with Crippen LogP contribution in [0.1, 0.15) is 18.3 Å². The normalized spacial score (nSPS) is 10.1. The molecule has 0 radical (unpaired) electrons. The molecule has 0 aliphatic rings. The molecule has 1 heterocycles. The fourth-order valence-electron chi connectivity index (χ4n) is 0.914. The first-order valence-corrected chi connectivity index (χ1v) is 3.88. The van der Waals surface area contributed by atoms with Crippen molar-refractivity contribution in [3.05, 3.63) is 21.7 Å². The Balaban J connectivity index is 3.37. The molecule has 0 fully saturated rings. The molecule has 1 rings (SSSR count). The van der Waals surface area contributed by atoms with Gasteiger partial charge in [0.05, 0.1) is 0 Å². The van der Waals surface area contributed by atoms with Crippen molar-refractivity contribution in [3.8, 4) is 0 Å². The van der Waals surface area contributed by atoms with Crippen LogP contribution in [0.2, 0.25) is 0 Å². The molecule has 60 valence electrons. The summed E-state index contributed by atoms with van der Waals surface area (Å²) in [6.07, 6.45) is 0.668. The predicted molar refractivity (Wildman–Crippen MR) is 46.2 cm³/mol. The first-order chi connectivity index (χ1) is 5.15. The molecule has 0 spiro atoms. The fraction of sp³-hybridized carbons (Fsp3) is 0.429. The maximum Gasteiger partial charge on any atom is 0.255 e. The van der Waals surface area contributed by atoms with Crippen molar-refractivity contribution in [1.29, 1.82) is 0 Å². The van der Waals surface area contributed by atoms with Gasteiger partial charge in [0.15, 0.2) is 0 Å². The number of thiol groups is 1. The van der Waals surface area contributed by atoms with Crippen LogP contribution in [0.15, 0.2) is 9.82 Å². The van der Waals surface area contributed by atoms with Crippen LogP contribution in [0.25, 0.3) is 0 Å². The zero-order chi connectivity index (χ0) is 8.43. The van der Waals surface area contributed by atoms with E-state index in [9.17, 15) is 4.79 Å². The smallest absolute Gasteiger partial charge is 0.255 e. The molecule has 0 saturated heterocycles. The highest BCUT2D eigenvalue weighted by Gasteiger charge is 2.03. The van der Waals surface area contributed by atoms with E-state index < -0.39 is 0 Å². The van der Waals surface area contributed by atoms with E-state index in [2.05, 4.69) is 22.6 Å². The van der Waals surface area contributed by atoms with E-state index in [1.807, 2.05) is 6.92 Å². The first-order valence-electron chi connectivity index (χ1n) is 3.44. The Morgan fingerprint density at radius 1 is 1.64 bits per heavy atom. The van der Waals surface area contributed by atoms with E-state index in [1.54, 1.807) is 6.92 Å². The molecular weight excluding hydrogens is 160 g/mol. The van der Waals surface area contributed by atoms with E-state index in [0.717, 1.165) is 0 Å². The minimum absolute atomic E-state index is 0.0787. The number of nitrogens with one attached hydrogen (secondary N) is 1. The lowest BCUT2D eigenvalue weighted by Crippen LogP contribution is -2.15. The summed E-state index contributed by atoms with van der Waals surface area (Å²) in [6.45, 7) is 3.64. The first kappa shape index (κ1) is 8.33. The van der Waals surface area contributed by atoms with Crippen LogP contribution < -0.4 is 5.56 Å². The Kier molecular flexibility index (Phi) is 2.34. The van der Waals surface area contributed by atoms with Crippen molar-refractivity contribution in [2.24, 2.45) is 0 Å². The number of hydrogen-bond acceptors (Lipinski definition) is 3. The molecular formula is C7H10N2OS. The summed E-state index contributed by atoms with van der Waals surface area (Å²) in [5, 5.41) is 0.536. The fourth-order valence-corrected chi connectivity index (χ4v) is 1.32. The second-order valence-electron chi connectivity index (χ2n) is 2.31. The largest absolute Gasteiger partial charge is 0.310 e. The number of aromatic amines is 1. The molecule has 1 aromatic rings. The van der Waals surface area contributed by atoms with Gasteiger partial charge in [-0.2, -0.15) is 0 Å². The lowest BCUT2D eigenvalue weighted by molar-refractivity contribution is 0.874. The Bertz CT molecular complexity index is 319. The zero-order valence-electron chi connectivity index (χ0n) is 6.51. The molecule has 11 heavy (non-hydrogen) atoms. The third-order valence-corrected chi connectivity index (χ3v) is 1.84. The van der Waals surface area contributed by atoms with E-state index in [4.69, 9.17) is 0 Å². The highest BCUT2D eigenvalue weighted by atomic mass is 32.1. The van der Waals surface area contributed by atoms with E-state index in [-0.39, 0.29) is 5.56 Å². The van der Waals surface area contributed by atoms with Gasteiger partial charge in [-0.1, -0.05) is 6.92 Å². The molecule has 0 aliphatic heterocycles. The topological polar surface area (TPSA) is 45.8 Å². The van der Waals surface area contributed by atoms with Gasteiger partial charge in [0.25, 0.3) is 5.56 Å². The molecule has 4 heteroatoms. The summed E-state index contributed by atoms with van der Waals surface area (Å²) in [5.41, 5.74) is 0.573. The number of rotatable bonds is 1. The van der Waals surface area contributed by atoms with Crippen molar-refractivity contribution >= 4 is 12.6 Å². The Hall–Kier alpha value is -0.770. The number of hydrogen-bond donors (Lipinski definition) is 2. The van der Waals surface area contributed by atoms with Crippen LogP contribution >= 0.6 is 12.6 Å². The lowest BCUT2D eigenvalue weighted by atomic mass is 10.3. The summed E-state index contributed by atoms with van der Waals surface area (Å²) >= 11 is 4.09. The quantitative estimate of drug-likeness (QED) is 0.486. The second-order valence-corrected chi connectivity index (χ2v) is 2.73. The molecule has 0 bridgehead atoms. The lowest BCUT2D eigenvalue weighted by Gasteiger charge is -1.99. The minimum atomic E-state index is -0.0787. The van der Waals surface area contributed by atoms with Crippen molar-refractivity contribution < 1.29 is 0 Å². The molecule has 0 aromatic carbocycles. The van der Waals surface area contributed by atoms with Crippen LogP contribution in [0.5, 0.6) is 0 Å². The summed E-state index contributed by atoms with van der Waals surface area (Å²) < 4.78 is 0. The van der Waals surface area contributed by atoms with Gasteiger partial charge in [-0.15, -0.1) is 12.6 Å². The van der Waals surface area contributed by atoms with Crippen molar-refractivity contribution in [3.63, 3.8) is 0 Å². The number of aryl methyl sites for hydroxylation is 1. The maximum atomic E-state index is 11.1. The average Bonchev–Trinajstić information content (AvgIpc) is 1.85. The van der Waals surface area contributed by atoms with Gasteiger partial charge in [-0.25, -0.2) is 4.98 Å². The third kappa shape index (κ3) is 1.63. The van der Waals surface area contributed by atoms with Gasteiger partial charge in [0, 0.05) is 5.56 Å². The molecule has 3 nitrogen and oxygen atoms in total. The second kappa shape index (κ2) is 3.09. The average molecular weight is 170 g/mol. The highest BCUT2D eigenvalue weighted by molar-refractivity contribution is 7.80. The maximum absolute atomic E-state index is 11.1. The standard InChI is InChI=1S/C7H10N2OS/c1-3-5-6(10)8-4(2)9-7(5)11/h3H2,1-2H3,(H2,8,9,10,11). The Morgan fingerprint density at radius 3 is 2.73 bits per heavy atom. The molecule has 1 N–H and O–H groups in total. The number of H-pyrrole nitrogens is 1. The molecule has 0 aliphatic carbocycles. The summed E-state index contributed by atoms with van der Waals surface area (Å²) in [4.78, 5) is 17.8. The van der Waals surface area contributed by atoms with E-state index in [1.165, 1.54) is 0 Å². The molecule has 0 unspecified atom stereocenters. The molecule has 1 aromatic heterocycles. The summed E-state index contributed by atoms with van der Waals surface area (Å²) in [5.74, 6) is 0.609. The van der Waals surface area contributed by atoms with Crippen LogP contribution in [0.4, 0.5) is 0 Å². The van der Waals surface area contributed by atoms with Gasteiger partial charge in [0.2, 0.25) is 0 Å². The van der Waals surface area contributed by atoms with Crippen LogP contribution in [-0.2, 0) is 6.42 Å². The Labute approximate surface area is 70.3 Å². The van der Waals surface area contributed by atoms with Gasteiger partial charge < -0.3 is 4.98 Å². The van der Waals surface area contributed by atoms with E-state index >= 15 is 0 Å². The van der Waals surface area contributed by atoms with Crippen molar-refractivity contribution in [1.82, 2.24) is 9.97 Å². The summed E-state index contributed by atoms with van der Waals surface area (Å²) in [6, 6.07) is 0. The molecule has 0 atom stereocenters. The monoisotopic (exact) mass is 170 g/mol.